The molecule has 1 atom stereocenters. The Morgan fingerprint density at radius 1 is 1.29 bits per heavy atom. The highest BCUT2D eigenvalue weighted by Gasteiger charge is 2.26. The number of ether oxygens (including phenoxy) is 1. The molecular weight excluding hydrogens is 372 g/mol. The summed E-state index contributed by atoms with van der Waals surface area (Å²) in [6.45, 7) is 2.58. The van der Waals surface area contributed by atoms with E-state index in [9.17, 15) is 4.79 Å². The molecule has 1 aliphatic rings. The maximum absolute atomic E-state index is 12.3. The largest absolute Gasteiger partial charge is 0.496 e. The number of methoxy groups -OCH3 is 1. The van der Waals surface area contributed by atoms with Gasteiger partial charge in [-0.1, -0.05) is 18.2 Å². The highest BCUT2D eigenvalue weighted by Crippen LogP contribution is 2.31. The SMILES string of the molecule is COc1ccccc1C(CNC(=O)c1ccc(Br)o1)N1CCCC1. The molecule has 5 nitrogen and oxygen atoms in total. The Labute approximate surface area is 150 Å². The molecule has 3 rings (SSSR count). The first-order chi connectivity index (χ1) is 11.7. The van der Waals surface area contributed by atoms with Crippen molar-refractivity contribution in [3.63, 3.8) is 0 Å². The summed E-state index contributed by atoms with van der Waals surface area (Å²) in [7, 11) is 1.68. The van der Waals surface area contributed by atoms with Crippen LogP contribution in [0.2, 0.25) is 0 Å². The molecule has 0 spiro atoms. The Hall–Kier alpha value is -1.79. The molecule has 2 aromatic rings. The Balaban J connectivity index is 1.76. The van der Waals surface area contributed by atoms with Gasteiger partial charge in [-0.3, -0.25) is 9.69 Å². The van der Waals surface area contributed by atoms with Crippen molar-refractivity contribution in [2.24, 2.45) is 0 Å². The number of nitrogens with one attached hydrogen (secondary N) is 1. The molecule has 1 aliphatic heterocycles. The zero-order valence-electron chi connectivity index (χ0n) is 13.6. The van der Waals surface area contributed by atoms with E-state index < -0.39 is 0 Å². The minimum absolute atomic E-state index is 0.0889. The average Bonchev–Trinajstić information content (AvgIpc) is 3.27. The zero-order chi connectivity index (χ0) is 16.9. The minimum Gasteiger partial charge on any atom is -0.496 e. The van der Waals surface area contributed by atoms with Crippen LogP contribution in [0.5, 0.6) is 5.75 Å². The van der Waals surface area contributed by atoms with E-state index in [4.69, 9.17) is 9.15 Å². The number of furan rings is 1. The fourth-order valence-corrected chi connectivity index (χ4v) is 3.45. The first-order valence-electron chi connectivity index (χ1n) is 8.09. The van der Waals surface area contributed by atoms with Gasteiger partial charge in [0.15, 0.2) is 10.4 Å². The number of nitrogens with zero attached hydrogens (tertiary/aromatic N) is 1. The average molecular weight is 393 g/mol. The number of benzene rings is 1. The summed E-state index contributed by atoms with van der Waals surface area (Å²) in [4.78, 5) is 14.7. The smallest absolute Gasteiger partial charge is 0.287 e. The number of carbonyl (C=O) groups excluding carboxylic acids is 1. The van der Waals surface area contributed by atoms with Crippen LogP contribution in [0, 0.1) is 0 Å². The second-order valence-corrected chi connectivity index (χ2v) is 6.60. The van der Waals surface area contributed by atoms with E-state index in [0.717, 1.165) is 24.4 Å². The number of hydrogen-bond donors (Lipinski definition) is 1. The van der Waals surface area contributed by atoms with Gasteiger partial charge in [0.05, 0.1) is 13.2 Å². The molecule has 24 heavy (non-hydrogen) atoms. The molecule has 0 bridgehead atoms. The fourth-order valence-electron chi connectivity index (χ4n) is 3.14. The van der Waals surface area contributed by atoms with Crippen molar-refractivity contribution in [2.45, 2.75) is 18.9 Å². The van der Waals surface area contributed by atoms with Crippen LogP contribution in [-0.2, 0) is 0 Å². The van der Waals surface area contributed by atoms with E-state index in [0.29, 0.717) is 17.0 Å². The van der Waals surface area contributed by atoms with Gasteiger partial charge in [0, 0.05) is 12.1 Å². The molecule has 1 fully saturated rings. The predicted octanol–water partition coefficient (Wildman–Crippen LogP) is 3.62. The molecule has 0 aliphatic carbocycles. The van der Waals surface area contributed by atoms with Gasteiger partial charge in [0.2, 0.25) is 0 Å². The van der Waals surface area contributed by atoms with Gasteiger partial charge >= 0.3 is 0 Å². The molecule has 6 heteroatoms. The van der Waals surface area contributed by atoms with Crippen molar-refractivity contribution >= 4 is 21.8 Å². The Morgan fingerprint density at radius 3 is 2.71 bits per heavy atom. The molecule has 2 heterocycles. The van der Waals surface area contributed by atoms with E-state index >= 15 is 0 Å². The van der Waals surface area contributed by atoms with Crippen LogP contribution in [0.15, 0.2) is 45.5 Å². The standard InChI is InChI=1S/C18H21BrN2O3/c1-23-15-7-3-2-6-13(15)14(21-10-4-5-11-21)12-20-18(22)16-8-9-17(19)24-16/h2-3,6-9,14H,4-5,10-12H2,1H3,(H,20,22). The Morgan fingerprint density at radius 2 is 2.04 bits per heavy atom. The van der Waals surface area contributed by atoms with Crippen LogP contribution in [-0.4, -0.2) is 37.6 Å². The van der Waals surface area contributed by atoms with Gasteiger partial charge in [0.25, 0.3) is 5.91 Å². The number of rotatable bonds is 6. The highest BCUT2D eigenvalue weighted by molar-refractivity contribution is 9.10. The summed E-state index contributed by atoms with van der Waals surface area (Å²) < 4.78 is 11.4. The number of para-hydroxylation sites is 1. The summed E-state index contributed by atoms with van der Waals surface area (Å²) in [5, 5.41) is 2.99. The predicted molar refractivity (Wildman–Crippen MR) is 95.3 cm³/mol. The Kier molecular flexibility index (Phi) is 5.58. The van der Waals surface area contributed by atoms with E-state index in [1.807, 2.05) is 18.2 Å². The summed E-state index contributed by atoms with van der Waals surface area (Å²) in [5.41, 5.74) is 1.10. The van der Waals surface area contributed by atoms with Crippen LogP contribution in [0.3, 0.4) is 0 Å². The molecule has 0 radical (unpaired) electrons. The van der Waals surface area contributed by atoms with E-state index in [1.165, 1.54) is 12.8 Å². The molecule has 1 N–H and O–H groups in total. The lowest BCUT2D eigenvalue weighted by Gasteiger charge is -2.29. The van der Waals surface area contributed by atoms with E-state index in [2.05, 4.69) is 32.2 Å². The number of likely N-dealkylation sites (tertiary alicyclic amines) is 1. The maximum atomic E-state index is 12.3. The number of halogens is 1. The molecule has 128 valence electrons. The molecule has 1 amide bonds. The lowest BCUT2D eigenvalue weighted by Crippen LogP contribution is -2.36. The first-order valence-corrected chi connectivity index (χ1v) is 8.89. The second kappa shape index (κ2) is 7.85. The molecule has 0 saturated carbocycles. The number of carbonyl (C=O) groups is 1. The molecular formula is C18H21BrN2O3. The van der Waals surface area contributed by atoms with Crippen molar-refractivity contribution in [1.29, 1.82) is 0 Å². The van der Waals surface area contributed by atoms with Crippen molar-refractivity contribution in [1.82, 2.24) is 10.2 Å². The maximum Gasteiger partial charge on any atom is 0.287 e. The van der Waals surface area contributed by atoms with Crippen LogP contribution >= 0.6 is 15.9 Å². The Bertz CT molecular complexity index is 695. The second-order valence-electron chi connectivity index (χ2n) is 5.81. The normalized spacial score (nSPS) is 16.1. The summed E-state index contributed by atoms with van der Waals surface area (Å²) in [6.07, 6.45) is 2.37. The van der Waals surface area contributed by atoms with Crippen LogP contribution in [0.1, 0.15) is 35.0 Å². The van der Waals surface area contributed by atoms with Gasteiger partial charge in [-0.05, 0) is 60.1 Å². The third kappa shape index (κ3) is 3.82. The third-order valence-electron chi connectivity index (χ3n) is 4.33. The van der Waals surface area contributed by atoms with Crippen molar-refractivity contribution in [2.75, 3.05) is 26.7 Å². The monoisotopic (exact) mass is 392 g/mol. The van der Waals surface area contributed by atoms with Gasteiger partial charge in [0.1, 0.15) is 5.75 Å². The lowest BCUT2D eigenvalue weighted by atomic mass is 10.0. The molecule has 1 saturated heterocycles. The number of hydrogen-bond acceptors (Lipinski definition) is 4. The topological polar surface area (TPSA) is 54.7 Å². The van der Waals surface area contributed by atoms with Crippen molar-refractivity contribution in [3.8, 4) is 5.75 Å². The van der Waals surface area contributed by atoms with Gasteiger partial charge in [-0.2, -0.15) is 0 Å². The highest BCUT2D eigenvalue weighted by atomic mass is 79.9. The first kappa shape index (κ1) is 17.0. The molecule has 1 aromatic carbocycles. The quantitative estimate of drug-likeness (QED) is 0.815. The minimum atomic E-state index is -0.209. The van der Waals surface area contributed by atoms with Gasteiger partial charge in [-0.25, -0.2) is 0 Å². The number of amides is 1. The van der Waals surface area contributed by atoms with E-state index in [1.54, 1.807) is 19.2 Å². The third-order valence-corrected chi connectivity index (χ3v) is 4.76. The van der Waals surface area contributed by atoms with E-state index in [-0.39, 0.29) is 11.9 Å². The summed E-state index contributed by atoms with van der Waals surface area (Å²) >= 11 is 3.22. The van der Waals surface area contributed by atoms with Crippen LogP contribution in [0.25, 0.3) is 0 Å². The zero-order valence-corrected chi connectivity index (χ0v) is 15.2. The molecule has 1 unspecified atom stereocenters. The van der Waals surface area contributed by atoms with Gasteiger partial charge in [-0.15, -0.1) is 0 Å². The summed E-state index contributed by atoms with van der Waals surface area (Å²) in [6, 6.07) is 11.5. The fraction of sp³-hybridized carbons (Fsp3) is 0.389. The van der Waals surface area contributed by atoms with Crippen LogP contribution < -0.4 is 10.1 Å². The van der Waals surface area contributed by atoms with Crippen LogP contribution in [0.4, 0.5) is 0 Å². The molecule has 1 aromatic heterocycles. The van der Waals surface area contributed by atoms with Crippen molar-refractivity contribution < 1.29 is 13.9 Å². The van der Waals surface area contributed by atoms with Crippen molar-refractivity contribution in [3.05, 3.63) is 52.4 Å². The summed E-state index contributed by atoms with van der Waals surface area (Å²) in [5.74, 6) is 0.950. The lowest BCUT2D eigenvalue weighted by molar-refractivity contribution is 0.0908. The van der Waals surface area contributed by atoms with Gasteiger partial charge < -0.3 is 14.5 Å².